The Morgan fingerprint density at radius 3 is 2.64 bits per heavy atom. The first kappa shape index (κ1) is 20.9. The van der Waals surface area contributed by atoms with Crippen molar-refractivity contribution in [2.75, 3.05) is 18.4 Å². The molecule has 1 aliphatic heterocycles. The van der Waals surface area contributed by atoms with Gasteiger partial charge in [-0.2, -0.15) is 0 Å². The standard InChI is InChI=1S/C22H24N8O3/c31-20(13-29(22(32)33)6-5-17-10-24-28-27-17)30-11-16-9-23-21(26-19(16)12-30)25-18-7-14-3-1-2-4-15(14)8-18/h1-4,9-10,18H,5-8,11-13H2,(H,32,33)(H,23,25,26)(H,24,27,28). The second-order valence-electron chi connectivity index (χ2n) is 8.37. The number of carbonyl (C=O) groups excluding carboxylic acids is 1. The van der Waals surface area contributed by atoms with E-state index < -0.39 is 6.09 Å². The maximum Gasteiger partial charge on any atom is 0.407 e. The molecule has 11 nitrogen and oxygen atoms in total. The second kappa shape index (κ2) is 8.85. The minimum atomic E-state index is -1.14. The molecule has 11 heteroatoms. The minimum absolute atomic E-state index is 0.170. The monoisotopic (exact) mass is 448 g/mol. The SMILES string of the molecule is O=C(O)N(CCc1cnn[nH]1)CC(=O)N1Cc2cnc(NC3Cc4ccccc4C3)nc2C1. The fourth-order valence-electron chi connectivity index (χ4n) is 4.34. The van der Waals surface area contributed by atoms with Gasteiger partial charge < -0.3 is 15.3 Å². The summed E-state index contributed by atoms with van der Waals surface area (Å²) in [7, 11) is 0. The third-order valence-electron chi connectivity index (χ3n) is 6.11. The number of hydrogen-bond donors (Lipinski definition) is 3. The first-order chi connectivity index (χ1) is 16.0. The van der Waals surface area contributed by atoms with Gasteiger partial charge in [-0.25, -0.2) is 14.8 Å². The van der Waals surface area contributed by atoms with Gasteiger partial charge >= 0.3 is 6.09 Å². The van der Waals surface area contributed by atoms with Gasteiger partial charge in [-0.15, -0.1) is 5.10 Å². The Hall–Kier alpha value is -4.02. The highest BCUT2D eigenvalue weighted by Gasteiger charge is 2.28. The summed E-state index contributed by atoms with van der Waals surface area (Å²) in [5.41, 5.74) is 5.08. The minimum Gasteiger partial charge on any atom is -0.465 e. The van der Waals surface area contributed by atoms with Crippen LogP contribution in [0.4, 0.5) is 10.7 Å². The van der Waals surface area contributed by atoms with Crippen molar-refractivity contribution in [1.82, 2.24) is 35.2 Å². The van der Waals surface area contributed by atoms with Crippen LogP contribution in [0.1, 0.15) is 28.1 Å². The van der Waals surface area contributed by atoms with Crippen molar-refractivity contribution in [3.05, 3.63) is 64.7 Å². The number of H-pyrrole nitrogens is 1. The highest BCUT2D eigenvalue weighted by Crippen LogP contribution is 2.25. The summed E-state index contributed by atoms with van der Waals surface area (Å²) < 4.78 is 0. The van der Waals surface area contributed by atoms with Gasteiger partial charge in [0.2, 0.25) is 11.9 Å². The van der Waals surface area contributed by atoms with Crippen LogP contribution in [0, 0.1) is 0 Å². The number of benzene rings is 1. The van der Waals surface area contributed by atoms with E-state index in [0.717, 1.165) is 29.0 Å². The first-order valence-corrected chi connectivity index (χ1v) is 10.8. The number of nitrogens with one attached hydrogen (secondary N) is 2. The van der Waals surface area contributed by atoms with Gasteiger partial charge in [0, 0.05) is 37.3 Å². The third-order valence-corrected chi connectivity index (χ3v) is 6.11. The first-order valence-electron chi connectivity index (χ1n) is 10.8. The zero-order valence-corrected chi connectivity index (χ0v) is 17.9. The lowest BCUT2D eigenvalue weighted by molar-refractivity contribution is -0.132. The molecule has 3 N–H and O–H groups in total. The van der Waals surface area contributed by atoms with Crippen molar-refractivity contribution < 1.29 is 14.7 Å². The van der Waals surface area contributed by atoms with E-state index in [9.17, 15) is 14.7 Å². The lowest BCUT2D eigenvalue weighted by Gasteiger charge is -2.22. The number of carbonyl (C=O) groups is 2. The van der Waals surface area contributed by atoms with E-state index in [1.165, 1.54) is 17.3 Å². The Kier molecular flexibility index (Phi) is 5.59. The number of aromatic amines is 1. The number of fused-ring (bicyclic) bond motifs is 2. The summed E-state index contributed by atoms with van der Waals surface area (Å²) in [5.74, 6) is 0.292. The van der Waals surface area contributed by atoms with Crippen molar-refractivity contribution in [2.24, 2.45) is 0 Å². The molecular weight excluding hydrogens is 424 g/mol. The third kappa shape index (κ3) is 4.61. The van der Waals surface area contributed by atoms with Crippen LogP contribution in [0.5, 0.6) is 0 Å². The van der Waals surface area contributed by atoms with E-state index in [0.29, 0.717) is 31.2 Å². The Balaban J connectivity index is 1.17. The molecule has 2 aromatic heterocycles. The number of anilines is 1. The molecule has 1 aromatic carbocycles. The normalized spacial score (nSPS) is 14.7. The molecule has 0 spiro atoms. The molecule has 1 aliphatic carbocycles. The fraction of sp³-hybridized carbons (Fsp3) is 0.364. The molecule has 5 rings (SSSR count). The van der Waals surface area contributed by atoms with Crippen LogP contribution < -0.4 is 5.32 Å². The molecule has 0 atom stereocenters. The van der Waals surface area contributed by atoms with E-state index in [1.807, 2.05) is 0 Å². The number of carboxylic acid groups (broad SMARTS) is 1. The van der Waals surface area contributed by atoms with Crippen LogP contribution in [0.25, 0.3) is 0 Å². The zero-order valence-electron chi connectivity index (χ0n) is 17.9. The smallest absolute Gasteiger partial charge is 0.407 e. The number of aromatic nitrogens is 5. The maximum atomic E-state index is 12.8. The van der Waals surface area contributed by atoms with E-state index >= 15 is 0 Å². The predicted molar refractivity (Wildman–Crippen MR) is 117 cm³/mol. The van der Waals surface area contributed by atoms with Gasteiger partial charge in [0.05, 0.1) is 24.1 Å². The Labute approximate surface area is 189 Å². The van der Waals surface area contributed by atoms with Gasteiger partial charge in [0.25, 0.3) is 0 Å². The summed E-state index contributed by atoms with van der Waals surface area (Å²) in [4.78, 5) is 36.2. The Morgan fingerprint density at radius 1 is 1.15 bits per heavy atom. The van der Waals surface area contributed by atoms with Crippen molar-refractivity contribution in [1.29, 1.82) is 0 Å². The number of rotatable bonds is 7. The molecule has 170 valence electrons. The molecule has 0 radical (unpaired) electrons. The van der Waals surface area contributed by atoms with Gasteiger partial charge in [0.15, 0.2) is 0 Å². The quantitative estimate of drug-likeness (QED) is 0.490. The van der Waals surface area contributed by atoms with Gasteiger partial charge in [-0.1, -0.05) is 29.5 Å². The van der Waals surface area contributed by atoms with E-state index in [-0.39, 0.29) is 25.0 Å². The summed E-state index contributed by atoms with van der Waals surface area (Å²) >= 11 is 0. The van der Waals surface area contributed by atoms with Crippen LogP contribution in [-0.2, 0) is 37.1 Å². The maximum absolute atomic E-state index is 12.8. The van der Waals surface area contributed by atoms with E-state index in [4.69, 9.17) is 0 Å². The van der Waals surface area contributed by atoms with Crippen molar-refractivity contribution in [3.8, 4) is 0 Å². The Morgan fingerprint density at radius 2 is 1.94 bits per heavy atom. The molecule has 3 heterocycles. The molecule has 0 bridgehead atoms. The lowest BCUT2D eigenvalue weighted by Crippen LogP contribution is -2.41. The number of amides is 2. The Bertz CT molecular complexity index is 1140. The summed E-state index contributed by atoms with van der Waals surface area (Å²) in [6.45, 7) is 0.669. The van der Waals surface area contributed by atoms with Crippen LogP contribution in [0.2, 0.25) is 0 Å². The summed E-state index contributed by atoms with van der Waals surface area (Å²) in [5, 5.41) is 22.9. The van der Waals surface area contributed by atoms with Crippen molar-refractivity contribution in [2.45, 2.75) is 38.4 Å². The van der Waals surface area contributed by atoms with Crippen LogP contribution >= 0.6 is 0 Å². The highest BCUT2D eigenvalue weighted by atomic mass is 16.4. The average Bonchev–Trinajstić information content (AvgIpc) is 3.54. The topological polar surface area (TPSA) is 140 Å². The lowest BCUT2D eigenvalue weighted by atomic mass is 10.1. The molecular formula is C22H24N8O3. The predicted octanol–water partition coefficient (Wildman–Crippen LogP) is 1.24. The zero-order chi connectivity index (χ0) is 22.8. The molecule has 0 saturated carbocycles. The average molecular weight is 448 g/mol. The molecule has 0 unspecified atom stereocenters. The second-order valence-corrected chi connectivity index (χ2v) is 8.37. The van der Waals surface area contributed by atoms with Crippen LogP contribution in [0.3, 0.4) is 0 Å². The molecule has 33 heavy (non-hydrogen) atoms. The van der Waals surface area contributed by atoms with Gasteiger partial charge in [0.1, 0.15) is 6.54 Å². The van der Waals surface area contributed by atoms with Crippen LogP contribution in [0.15, 0.2) is 36.7 Å². The molecule has 3 aromatic rings. The summed E-state index contributed by atoms with van der Waals surface area (Å²) in [6, 6.07) is 8.65. The van der Waals surface area contributed by atoms with E-state index in [1.54, 1.807) is 11.1 Å². The van der Waals surface area contributed by atoms with Crippen LogP contribution in [-0.4, -0.2) is 71.4 Å². The van der Waals surface area contributed by atoms with Gasteiger partial charge in [-0.05, 0) is 24.0 Å². The molecule has 0 fully saturated rings. The molecule has 2 aliphatic rings. The van der Waals surface area contributed by atoms with E-state index in [2.05, 4.69) is 55.0 Å². The number of hydrogen-bond acceptors (Lipinski definition) is 7. The molecule has 2 amide bonds. The highest BCUT2D eigenvalue weighted by molar-refractivity contribution is 5.82. The van der Waals surface area contributed by atoms with Crippen molar-refractivity contribution in [3.63, 3.8) is 0 Å². The molecule has 0 saturated heterocycles. The number of nitrogens with zero attached hydrogens (tertiary/aromatic N) is 6. The largest absolute Gasteiger partial charge is 0.465 e. The van der Waals surface area contributed by atoms with Crippen molar-refractivity contribution >= 4 is 17.9 Å². The fourth-order valence-corrected chi connectivity index (χ4v) is 4.34. The van der Waals surface area contributed by atoms with Gasteiger partial charge in [-0.3, -0.25) is 14.8 Å². The summed E-state index contributed by atoms with van der Waals surface area (Å²) in [6.07, 6.45) is 4.41.